The third kappa shape index (κ3) is 12.5. The second-order valence-electron chi connectivity index (χ2n) is 12.8. The summed E-state index contributed by atoms with van der Waals surface area (Å²) in [4.78, 5) is 89.3. The van der Waals surface area contributed by atoms with Crippen molar-refractivity contribution in [3.05, 3.63) is 109 Å². The third-order valence-electron chi connectivity index (χ3n) is 8.77. The van der Waals surface area contributed by atoms with Crippen molar-refractivity contribution in [1.29, 1.82) is 0 Å². The van der Waals surface area contributed by atoms with Crippen LogP contribution in [0.4, 0.5) is 10.5 Å². The maximum Gasteiger partial charge on any atom is 0.330 e. The second-order valence-corrected chi connectivity index (χ2v) is 13.8. The van der Waals surface area contributed by atoms with Crippen LogP contribution < -0.4 is 43.6 Å². The number of nitrogens with zero attached hydrogens (tertiary/aromatic N) is 2. The van der Waals surface area contributed by atoms with Gasteiger partial charge in [0.05, 0.1) is 11.0 Å². The highest BCUT2D eigenvalue weighted by molar-refractivity contribution is 7.98. The van der Waals surface area contributed by atoms with Gasteiger partial charge in [0.1, 0.15) is 30.4 Å². The van der Waals surface area contributed by atoms with Crippen molar-refractivity contribution in [3.8, 4) is 0 Å². The van der Waals surface area contributed by atoms with Crippen LogP contribution in [0.5, 0.6) is 0 Å². The average molecular weight is 800 g/mol. The number of nitrogens with two attached hydrogens (primary N) is 1. The van der Waals surface area contributed by atoms with E-state index < -0.39 is 95.7 Å². The molecule has 5 amide bonds. The number of nitro groups is 1. The summed E-state index contributed by atoms with van der Waals surface area (Å²) in [5.41, 5.74) is 5.89. The van der Waals surface area contributed by atoms with Crippen molar-refractivity contribution >= 4 is 41.2 Å². The van der Waals surface area contributed by atoms with Gasteiger partial charge in [-0.15, -0.1) is 0 Å². The number of nitro benzene ring substituents is 1. The number of hydrogen-bond donors (Lipinski definition) is 9. The number of hydrogen-bond acceptors (Lipinski definition) is 13. The van der Waals surface area contributed by atoms with Crippen molar-refractivity contribution in [2.24, 2.45) is 5.73 Å². The van der Waals surface area contributed by atoms with Crippen molar-refractivity contribution in [1.82, 2.24) is 36.1 Å². The molecule has 10 N–H and O–H groups in total. The number of nitrogens with one attached hydrogen (secondary N) is 6. The van der Waals surface area contributed by atoms with Crippen LogP contribution in [0, 0.1) is 10.1 Å². The summed E-state index contributed by atoms with van der Waals surface area (Å²) in [7, 11) is 0. The molecule has 1 fully saturated rings. The molecule has 0 saturated carbocycles. The minimum atomic E-state index is -1.63. The lowest BCUT2D eigenvalue weighted by Gasteiger charge is -2.25. The molecule has 4 rings (SSSR count). The van der Waals surface area contributed by atoms with E-state index in [-0.39, 0.29) is 25.1 Å². The van der Waals surface area contributed by atoms with E-state index in [0.717, 1.165) is 22.4 Å². The van der Waals surface area contributed by atoms with Crippen molar-refractivity contribution < 1.29 is 39.1 Å². The SMILES string of the molecule is CSCC[C@H](NC(=O)NCCc1ccccc1)C(=O)N[C@@H](CNC(=O)[C@@H](N)Cc1ccc([N+](=O)[O-])cc1)C(=O)NC[C@H]1O[C@@H](n2ccc(=O)[nH]c2=O)[C@H](O)[C@@H]1O. The standard InChI is InChI=1S/C35H45N9O11S/c1-56-16-13-24(41-34(51)37-14-11-20-5-3-2-4-6-20)32(50)40-25(18-38-30(48)23(36)17-21-7-9-22(10-8-21)44(53)54)31(49)39-19-26-28(46)29(47)33(55-26)43-15-12-27(45)42-35(43)52/h2-10,12,15,23-26,28-29,33,46-47H,11,13-14,16-19,36H2,1H3,(H,38,48)(H,39,49)(H,40,50)(H2,37,41,51)(H,42,45,52)/t23-,24-,25-,26+,28+,29+,33+/m0/s1. The minimum Gasteiger partial charge on any atom is -0.387 e. The van der Waals surface area contributed by atoms with E-state index in [4.69, 9.17) is 10.5 Å². The van der Waals surface area contributed by atoms with Crippen LogP contribution in [0.2, 0.25) is 0 Å². The summed E-state index contributed by atoms with van der Waals surface area (Å²) >= 11 is 1.43. The monoisotopic (exact) mass is 799 g/mol. The molecule has 0 radical (unpaired) electrons. The molecular formula is C35H45N9O11S. The predicted molar refractivity (Wildman–Crippen MR) is 203 cm³/mol. The lowest BCUT2D eigenvalue weighted by Crippen LogP contribution is -2.59. The number of aliphatic hydroxyl groups excluding tert-OH is 2. The molecule has 0 unspecified atom stereocenters. The lowest BCUT2D eigenvalue weighted by atomic mass is 10.1. The van der Waals surface area contributed by atoms with Gasteiger partial charge in [0.25, 0.3) is 11.2 Å². The van der Waals surface area contributed by atoms with Gasteiger partial charge in [-0.1, -0.05) is 42.5 Å². The highest BCUT2D eigenvalue weighted by atomic mass is 32.2. The number of thioether (sulfide) groups is 1. The largest absolute Gasteiger partial charge is 0.387 e. The Balaban J connectivity index is 1.43. The Morgan fingerprint density at radius 3 is 2.30 bits per heavy atom. The van der Waals surface area contributed by atoms with Crippen LogP contribution in [0.25, 0.3) is 0 Å². The van der Waals surface area contributed by atoms with Gasteiger partial charge in [0, 0.05) is 44.0 Å². The highest BCUT2D eigenvalue weighted by Gasteiger charge is 2.44. The Morgan fingerprint density at radius 2 is 1.64 bits per heavy atom. The van der Waals surface area contributed by atoms with Crippen LogP contribution in [-0.4, -0.2) is 117 Å². The first-order chi connectivity index (χ1) is 26.8. The molecule has 0 aliphatic carbocycles. The highest BCUT2D eigenvalue weighted by Crippen LogP contribution is 2.27. The Labute approximate surface area is 324 Å². The van der Waals surface area contributed by atoms with Crippen LogP contribution in [0.15, 0.2) is 76.4 Å². The zero-order valence-corrected chi connectivity index (χ0v) is 31.1. The van der Waals surface area contributed by atoms with E-state index in [2.05, 4.69) is 26.6 Å². The number of H-pyrrole nitrogens is 1. The van der Waals surface area contributed by atoms with Crippen LogP contribution in [0.1, 0.15) is 23.8 Å². The fraction of sp³-hybridized carbons (Fsp3) is 0.429. The second kappa shape index (κ2) is 20.9. The van der Waals surface area contributed by atoms with Gasteiger partial charge in [0.2, 0.25) is 17.7 Å². The summed E-state index contributed by atoms with van der Waals surface area (Å²) in [5, 5.41) is 45.2. The Kier molecular flexibility index (Phi) is 16.1. The average Bonchev–Trinajstić information content (AvgIpc) is 3.45. The molecular weight excluding hydrogens is 755 g/mol. The van der Waals surface area contributed by atoms with Gasteiger partial charge in [0.15, 0.2) is 6.23 Å². The lowest BCUT2D eigenvalue weighted by molar-refractivity contribution is -0.384. The number of carbonyl (C=O) groups is 4. The van der Waals surface area contributed by atoms with Gasteiger partial charge in [-0.25, -0.2) is 9.59 Å². The molecule has 56 heavy (non-hydrogen) atoms. The van der Waals surface area contributed by atoms with E-state index in [9.17, 15) is 49.1 Å². The third-order valence-corrected chi connectivity index (χ3v) is 9.41. The molecule has 1 aliphatic heterocycles. The number of carbonyl (C=O) groups excluding carboxylic acids is 4. The maximum atomic E-state index is 13.6. The zero-order valence-electron chi connectivity index (χ0n) is 30.3. The van der Waals surface area contributed by atoms with Crippen molar-refractivity contribution in [2.45, 2.75) is 61.9 Å². The number of benzene rings is 2. The Bertz CT molecular complexity index is 1930. The topological polar surface area (TPSA) is 302 Å². The molecule has 1 aromatic heterocycles. The first-order valence-electron chi connectivity index (χ1n) is 17.5. The quantitative estimate of drug-likeness (QED) is 0.0470. The number of aromatic amines is 1. The van der Waals surface area contributed by atoms with Crippen LogP contribution >= 0.6 is 11.8 Å². The normalized spacial score (nSPS) is 19.2. The van der Waals surface area contributed by atoms with E-state index in [1.807, 2.05) is 41.6 Å². The molecule has 2 heterocycles. The molecule has 1 saturated heterocycles. The predicted octanol–water partition coefficient (Wildman–Crippen LogP) is -1.99. The van der Waals surface area contributed by atoms with Crippen LogP contribution in [-0.2, 0) is 32.0 Å². The van der Waals surface area contributed by atoms with Gasteiger partial charge in [-0.3, -0.25) is 38.8 Å². The van der Waals surface area contributed by atoms with Crippen molar-refractivity contribution in [3.63, 3.8) is 0 Å². The Hall–Kier alpha value is -5.61. The van der Waals surface area contributed by atoms with Gasteiger partial charge >= 0.3 is 11.7 Å². The van der Waals surface area contributed by atoms with E-state index >= 15 is 0 Å². The number of amides is 5. The number of urea groups is 1. The Morgan fingerprint density at radius 1 is 0.929 bits per heavy atom. The minimum absolute atomic E-state index is 0.00803. The number of non-ortho nitro benzene ring substituents is 1. The molecule has 2 aromatic carbocycles. The van der Waals surface area contributed by atoms with Gasteiger partial charge < -0.3 is 47.3 Å². The summed E-state index contributed by atoms with van der Waals surface area (Å²) in [6.45, 7) is -0.621. The summed E-state index contributed by atoms with van der Waals surface area (Å²) < 4.78 is 6.53. The number of aliphatic hydroxyl groups is 2. The van der Waals surface area contributed by atoms with Gasteiger partial charge in [-0.2, -0.15) is 11.8 Å². The zero-order chi connectivity index (χ0) is 40.8. The molecule has 0 spiro atoms. The molecule has 7 atom stereocenters. The number of aromatic nitrogens is 2. The van der Waals surface area contributed by atoms with Crippen LogP contribution in [0.3, 0.4) is 0 Å². The number of ether oxygens (including phenoxy) is 1. The van der Waals surface area contributed by atoms with E-state index in [1.54, 1.807) is 0 Å². The summed E-state index contributed by atoms with van der Waals surface area (Å²) in [6.07, 6.45) is -2.27. The summed E-state index contributed by atoms with van der Waals surface area (Å²) in [5.74, 6) is -1.84. The molecule has 20 nitrogen and oxygen atoms in total. The maximum absolute atomic E-state index is 13.6. The van der Waals surface area contributed by atoms with E-state index in [0.29, 0.717) is 17.7 Å². The number of rotatable bonds is 19. The van der Waals surface area contributed by atoms with Gasteiger partial charge in [-0.05, 0) is 42.4 Å². The molecule has 0 bridgehead atoms. The molecule has 302 valence electrons. The molecule has 3 aromatic rings. The first-order valence-corrected chi connectivity index (χ1v) is 18.9. The summed E-state index contributed by atoms with van der Waals surface area (Å²) in [6, 6.07) is 11.6. The molecule has 21 heteroatoms. The fourth-order valence-corrected chi connectivity index (χ4v) is 6.15. The molecule has 1 aliphatic rings. The smallest absolute Gasteiger partial charge is 0.330 e. The fourth-order valence-electron chi connectivity index (χ4n) is 5.67. The van der Waals surface area contributed by atoms with Crippen molar-refractivity contribution in [2.75, 3.05) is 31.6 Å². The van der Waals surface area contributed by atoms with E-state index in [1.165, 1.54) is 36.0 Å². The first kappa shape index (κ1) is 43.1.